The third-order valence-corrected chi connectivity index (χ3v) is 8.18. The monoisotopic (exact) mass is 457 g/mol. The summed E-state index contributed by atoms with van der Waals surface area (Å²) < 4.78 is 0. The number of amides is 3. The summed E-state index contributed by atoms with van der Waals surface area (Å²) in [7, 11) is 0. The standard InChI is InChI=1S/C26H20ClN3O3/c27-16-8-10-19-18(13-16)26(25(33)28-19)22-21(20-6-3-11-29(20)26)23(31)30(24(22)32)17-9-7-14-4-1-2-5-15(14)12-17/h1-2,4-5,7-10,12-13,20-22H,3,6,11H2,(H,28,33)/t20-,21+,22+,26-/m1/s1. The van der Waals surface area contributed by atoms with Crippen molar-refractivity contribution in [2.45, 2.75) is 24.4 Å². The maximum Gasteiger partial charge on any atom is 0.250 e. The predicted octanol–water partition coefficient (Wildman–Crippen LogP) is 3.92. The number of carbonyl (C=O) groups excluding carboxylic acids is 3. The van der Waals surface area contributed by atoms with Gasteiger partial charge in [-0.2, -0.15) is 0 Å². The molecule has 6 nitrogen and oxygen atoms in total. The largest absolute Gasteiger partial charge is 0.324 e. The van der Waals surface area contributed by atoms with E-state index in [2.05, 4.69) is 10.2 Å². The first-order valence-electron chi connectivity index (χ1n) is 11.3. The Hall–Kier alpha value is -3.22. The fourth-order valence-electron chi connectivity index (χ4n) is 6.75. The van der Waals surface area contributed by atoms with Crippen molar-refractivity contribution in [3.63, 3.8) is 0 Å². The maximum absolute atomic E-state index is 14.0. The van der Waals surface area contributed by atoms with E-state index in [9.17, 15) is 14.4 Å². The first kappa shape index (κ1) is 19.3. The molecular formula is C26H20ClN3O3. The molecule has 3 amide bonds. The highest BCUT2D eigenvalue weighted by atomic mass is 35.5. The van der Waals surface area contributed by atoms with Gasteiger partial charge in [0.25, 0.3) is 0 Å². The number of rotatable bonds is 1. The first-order chi connectivity index (χ1) is 16.0. The number of hydrogen-bond donors (Lipinski definition) is 1. The number of imide groups is 1. The molecule has 0 radical (unpaired) electrons. The number of nitrogens with zero attached hydrogens (tertiary/aromatic N) is 2. The second kappa shape index (κ2) is 6.43. The molecule has 3 aromatic carbocycles. The summed E-state index contributed by atoms with van der Waals surface area (Å²) in [6.45, 7) is 0.674. The second-order valence-corrected chi connectivity index (χ2v) is 9.80. The van der Waals surface area contributed by atoms with Gasteiger partial charge in [-0.25, -0.2) is 4.90 Å². The summed E-state index contributed by atoms with van der Waals surface area (Å²) in [6, 6.07) is 18.6. The van der Waals surface area contributed by atoms with Gasteiger partial charge in [0, 0.05) is 22.3 Å². The molecule has 3 saturated heterocycles. The van der Waals surface area contributed by atoms with Crippen molar-refractivity contribution in [3.05, 3.63) is 71.2 Å². The van der Waals surface area contributed by atoms with Gasteiger partial charge in [0.2, 0.25) is 17.7 Å². The summed E-state index contributed by atoms with van der Waals surface area (Å²) >= 11 is 6.34. The van der Waals surface area contributed by atoms with Crippen molar-refractivity contribution in [2.24, 2.45) is 11.8 Å². The van der Waals surface area contributed by atoms with Crippen LogP contribution in [0.3, 0.4) is 0 Å². The average Bonchev–Trinajstić information content (AvgIpc) is 3.52. The van der Waals surface area contributed by atoms with E-state index in [0.29, 0.717) is 28.5 Å². The normalized spacial score (nSPS) is 30.3. The molecule has 3 aromatic rings. The van der Waals surface area contributed by atoms with E-state index < -0.39 is 17.4 Å². The van der Waals surface area contributed by atoms with Crippen LogP contribution in [0.5, 0.6) is 0 Å². The van der Waals surface area contributed by atoms with Crippen molar-refractivity contribution in [1.82, 2.24) is 4.90 Å². The summed E-state index contributed by atoms with van der Waals surface area (Å²) in [5.74, 6) is -2.08. The van der Waals surface area contributed by atoms with Crippen molar-refractivity contribution >= 4 is 51.5 Å². The minimum absolute atomic E-state index is 0.146. The molecule has 0 saturated carbocycles. The number of hydrogen-bond acceptors (Lipinski definition) is 4. The van der Waals surface area contributed by atoms with Crippen LogP contribution >= 0.6 is 11.6 Å². The topological polar surface area (TPSA) is 69.7 Å². The Bertz CT molecular complexity index is 1400. The van der Waals surface area contributed by atoms with E-state index in [1.54, 1.807) is 18.2 Å². The van der Waals surface area contributed by atoms with E-state index in [1.807, 2.05) is 42.5 Å². The van der Waals surface area contributed by atoms with Crippen LogP contribution in [0.15, 0.2) is 60.7 Å². The van der Waals surface area contributed by atoms with Crippen molar-refractivity contribution in [2.75, 3.05) is 16.8 Å². The third-order valence-electron chi connectivity index (χ3n) is 7.95. The molecule has 4 aliphatic rings. The highest BCUT2D eigenvalue weighted by Gasteiger charge is 2.74. The van der Waals surface area contributed by atoms with E-state index in [4.69, 9.17) is 11.6 Å². The van der Waals surface area contributed by atoms with Crippen molar-refractivity contribution in [3.8, 4) is 0 Å². The summed E-state index contributed by atoms with van der Waals surface area (Å²) in [4.78, 5) is 44.9. The smallest absolute Gasteiger partial charge is 0.250 e. The minimum atomic E-state index is -1.20. The van der Waals surface area contributed by atoms with Gasteiger partial charge in [0.15, 0.2) is 0 Å². The number of anilines is 2. The Balaban J connectivity index is 1.42. The lowest BCUT2D eigenvalue weighted by atomic mass is 9.75. The predicted molar refractivity (Wildman–Crippen MR) is 125 cm³/mol. The number of halogens is 1. The van der Waals surface area contributed by atoms with Crippen LogP contribution in [0, 0.1) is 11.8 Å². The van der Waals surface area contributed by atoms with Gasteiger partial charge in [-0.15, -0.1) is 0 Å². The average molecular weight is 458 g/mol. The molecule has 4 atom stereocenters. The SMILES string of the molecule is O=C1[C@H]2[C@H]3CCCN3[C@@]3(C(=O)Nc4ccc(Cl)cc43)[C@@H]2C(=O)N1c1ccc2ccccc2c1. The number of carbonyl (C=O) groups is 3. The van der Waals surface area contributed by atoms with Gasteiger partial charge in [-0.05, 0) is 60.5 Å². The minimum Gasteiger partial charge on any atom is -0.324 e. The van der Waals surface area contributed by atoms with E-state index >= 15 is 0 Å². The quantitative estimate of drug-likeness (QED) is 0.562. The Morgan fingerprint density at radius 3 is 2.61 bits per heavy atom. The zero-order chi connectivity index (χ0) is 22.5. The fourth-order valence-corrected chi connectivity index (χ4v) is 6.92. The van der Waals surface area contributed by atoms with Gasteiger partial charge < -0.3 is 5.32 Å². The lowest BCUT2D eigenvalue weighted by molar-refractivity contribution is -0.135. The van der Waals surface area contributed by atoms with Crippen LogP contribution in [0.1, 0.15) is 18.4 Å². The molecule has 0 bridgehead atoms. The molecular weight excluding hydrogens is 438 g/mol. The number of benzene rings is 3. The Labute approximate surface area is 195 Å². The summed E-state index contributed by atoms with van der Waals surface area (Å²) in [6.07, 6.45) is 1.67. The molecule has 0 aromatic heterocycles. The molecule has 7 heteroatoms. The third kappa shape index (κ3) is 2.25. The first-order valence-corrected chi connectivity index (χ1v) is 11.6. The molecule has 7 rings (SSSR count). The lowest BCUT2D eigenvalue weighted by Crippen LogP contribution is -2.54. The highest BCUT2D eigenvalue weighted by Crippen LogP contribution is 2.60. The Kier molecular flexibility index (Phi) is 3.75. The molecule has 3 fully saturated rings. The van der Waals surface area contributed by atoms with Crippen LogP contribution in [0.4, 0.5) is 11.4 Å². The van der Waals surface area contributed by atoms with Gasteiger partial charge in [-0.3, -0.25) is 19.3 Å². The number of nitrogens with one attached hydrogen (secondary N) is 1. The van der Waals surface area contributed by atoms with Crippen LogP contribution in [-0.2, 0) is 19.9 Å². The molecule has 0 aliphatic carbocycles. The molecule has 164 valence electrons. The van der Waals surface area contributed by atoms with Crippen LogP contribution in [-0.4, -0.2) is 35.2 Å². The fraction of sp³-hybridized carbons (Fsp3) is 0.269. The summed E-state index contributed by atoms with van der Waals surface area (Å²) in [5.41, 5.74) is 0.730. The van der Waals surface area contributed by atoms with Gasteiger partial charge in [0.1, 0.15) is 5.54 Å². The van der Waals surface area contributed by atoms with Crippen molar-refractivity contribution < 1.29 is 14.4 Å². The van der Waals surface area contributed by atoms with E-state index in [0.717, 1.165) is 23.6 Å². The van der Waals surface area contributed by atoms with Gasteiger partial charge in [0.05, 0.1) is 17.5 Å². The maximum atomic E-state index is 14.0. The summed E-state index contributed by atoms with van der Waals surface area (Å²) in [5, 5.41) is 5.48. The van der Waals surface area contributed by atoms with E-state index in [-0.39, 0.29) is 23.8 Å². The second-order valence-electron chi connectivity index (χ2n) is 9.36. The van der Waals surface area contributed by atoms with Gasteiger partial charge in [-0.1, -0.05) is 41.9 Å². The number of fused-ring (bicyclic) bond motifs is 8. The molecule has 33 heavy (non-hydrogen) atoms. The zero-order valence-corrected chi connectivity index (χ0v) is 18.4. The Morgan fingerprint density at radius 2 is 1.76 bits per heavy atom. The lowest BCUT2D eigenvalue weighted by Gasteiger charge is -2.36. The van der Waals surface area contributed by atoms with Crippen molar-refractivity contribution in [1.29, 1.82) is 0 Å². The van der Waals surface area contributed by atoms with Crippen LogP contribution in [0.25, 0.3) is 10.8 Å². The van der Waals surface area contributed by atoms with Gasteiger partial charge >= 0.3 is 0 Å². The highest BCUT2D eigenvalue weighted by molar-refractivity contribution is 6.31. The van der Waals surface area contributed by atoms with E-state index in [1.165, 1.54) is 4.90 Å². The van der Waals surface area contributed by atoms with Crippen LogP contribution in [0.2, 0.25) is 5.02 Å². The zero-order valence-electron chi connectivity index (χ0n) is 17.6. The molecule has 1 N–H and O–H groups in total. The molecule has 1 spiro atoms. The Morgan fingerprint density at radius 1 is 0.939 bits per heavy atom. The molecule has 4 aliphatic heterocycles. The van der Waals surface area contributed by atoms with Crippen LogP contribution < -0.4 is 10.2 Å². The molecule has 4 heterocycles. The molecule has 0 unspecified atom stereocenters.